The second-order valence-corrected chi connectivity index (χ2v) is 10.3. The average molecular weight is 561 g/mol. The normalized spacial score (nSPS) is 23.0. The molecule has 5 N–H and O–H groups in total. The molecule has 0 aliphatic heterocycles. The summed E-state index contributed by atoms with van der Waals surface area (Å²) in [7, 11) is 0. The molecule has 1 aliphatic carbocycles. The van der Waals surface area contributed by atoms with Gasteiger partial charge in [-0.3, -0.25) is 4.79 Å². The number of carbonyl (C=O) groups is 1. The van der Waals surface area contributed by atoms with E-state index in [0.29, 0.717) is 19.3 Å². The lowest BCUT2D eigenvalue weighted by Crippen LogP contribution is -2.32. The van der Waals surface area contributed by atoms with Crippen LogP contribution in [0.5, 0.6) is 5.75 Å². The highest BCUT2D eigenvalue weighted by atomic mass is 19.4. The van der Waals surface area contributed by atoms with Gasteiger partial charge in [0.1, 0.15) is 25.1 Å². The molecule has 0 amide bonds. The van der Waals surface area contributed by atoms with Crippen LogP contribution in [0.1, 0.15) is 44.6 Å². The molecule has 11 heteroatoms. The summed E-state index contributed by atoms with van der Waals surface area (Å²) in [6.45, 7) is 0.649. The molecule has 39 heavy (non-hydrogen) atoms. The van der Waals surface area contributed by atoms with Crippen LogP contribution in [0.2, 0.25) is 0 Å². The first-order valence-corrected chi connectivity index (χ1v) is 12.9. The predicted octanol–water partition coefficient (Wildman–Crippen LogP) is 3.01. The van der Waals surface area contributed by atoms with Gasteiger partial charge < -0.3 is 35.0 Å². The zero-order chi connectivity index (χ0) is 29.1. The van der Waals surface area contributed by atoms with E-state index in [1.807, 2.05) is 12.2 Å². The first kappa shape index (κ1) is 32.8. The van der Waals surface area contributed by atoms with Gasteiger partial charge in [-0.25, -0.2) is 0 Å². The van der Waals surface area contributed by atoms with Crippen molar-refractivity contribution in [2.24, 2.45) is 17.3 Å². The van der Waals surface area contributed by atoms with E-state index in [0.717, 1.165) is 12.1 Å². The highest BCUT2D eigenvalue weighted by Gasteiger charge is 2.39. The second-order valence-electron chi connectivity index (χ2n) is 10.3. The summed E-state index contributed by atoms with van der Waals surface area (Å²) in [6.07, 6.45) is 1.46. The highest BCUT2D eigenvalue weighted by Crippen LogP contribution is 2.36. The van der Waals surface area contributed by atoms with Crippen molar-refractivity contribution in [2.45, 2.75) is 63.5 Å². The van der Waals surface area contributed by atoms with Crippen LogP contribution in [0.25, 0.3) is 0 Å². The fraction of sp³-hybridized carbons (Fsp3) is 0.607. The molecule has 1 aliphatic rings. The molecule has 1 aromatic rings. The van der Waals surface area contributed by atoms with Gasteiger partial charge in [0.05, 0.1) is 31.0 Å². The maximum absolute atomic E-state index is 12.8. The predicted molar refractivity (Wildman–Crippen MR) is 137 cm³/mol. The zero-order valence-electron chi connectivity index (χ0n) is 22.0. The van der Waals surface area contributed by atoms with E-state index >= 15 is 0 Å². The number of hydrogen-bond donors (Lipinski definition) is 5. The van der Waals surface area contributed by atoms with Crippen LogP contribution >= 0.6 is 0 Å². The van der Waals surface area contributed by atoms with Gasteiger partial charge in [0.25, 0.3) is 0 Å². The van der Waals surface area contributed by atoms with Crippen LogP contribution in [0.4, 0.5) is 13.2 Å². The fourth-order valence-corrected chi connectivity index (χ4v) is 4.17. The van der Waals surface area contributed by atoms with Crippen molar-refractivity contribution >= 4 is 5.97 Å². The summed E-state index contributed by atoms with van der Waals surface area (Å²) in [5, 5.41) is 49.4. The molecule has 5 atom stereocenters. The fourth-order valence-electron chi connectivity index (χ4n) is 4.17. The second kappa shape index (κ2) is 15.4. The van der Waals surface area contributed by atoms with E-state index in [9.17, 15) is 43.5 Å². The smallest absolute Gasteiger partial charge is 0.416 e. The molecule has 0 saturated heterocycles. The van der Waals surface area contributed by atoms with Gasteiger partial charge >= 0.3 is 12.1 Å². The monoisotopic (exact) mass is 560 g/mol. The minimum Gasteiger partial charge on any atom is -0.491 e. The number of aliphatic hydroxyl groups is 5. The van der Waals surface area contributed by atoms with Crippen LogP contribution in [-0.2, 0) is 15.7 Å². The number of aliphatic hydroxyl groups excluding tert-OH is 5. The van der Waals surface area contributed by atoms with E-state index in [-0.39, 0.29) is 50.9 Å². The molecule has 220 valence electrons. The minimum atomic E-state index is -4.50. The average Bonchev–Trinajstić information content (AvgIpc) is 3.17. The number of ether oxygens (including phenoxy) is 2. The number of allylic oxidation sites excluding steroid dienone is 2. The molecular weight excluding hydrogens is 521 g/mol. The SMILES string of the molecule is CC(CO)(CO)COC(=O)CCCC=CC[C@@H]1[C@H](C=C[C@@H](O)COc2cccc(C(F)(F)F)c2)[C@H](O)C[C@H]1O. The molecule has 1 fully saturated rings. The molecular formula is C28H39F3O8. The van der Waals surface area contributed by atoms with Crippen LogP contribution in [0, 0.1) is 17.3 Å². The summed E-state index contributed by atoms with van der Waals surface area (Å²) in [5.74, 6) is -1.19. The number of unbranched alkanes of at least 4 members (excludes halogenated alkanes) is 1. The minimum absolute atomic E-state index is 0.0290. The highest BCUT2D eigenvalue weighted by molar-refractivity contribution is 5.69. The quantitative estimate of drug-likeness (QED) is 0.126. The third-order valence-corrected chi connectivity index (χ3v) is 6.73. The Labute approximate surface area is 226 Å². The molecule has 2 rings (SSSR count). The van der Waals surface area contributed by atoms with Gasteiger partial charge in [0, 0.05) is 24.2 Å². The molecule has 0 aromatic heterocycles. The number of halogens is 3. The van der Waals surface area contributed by atoms with Crippen LogP contribution in [-0.4, -0.2) is 76.2 Å². The van der Waals surface area contributed by atoms with Gasteiger partial charge in [-0.15, -0.1) is 0 Å². The Morgan fingerprint density at radius 3 is 2.54 bits per heavy atom. The number of alkyl halides is 3. The number of hydrogen-bond acceptors (Lipinski definition) is 8. The largest absolute Gasteiger partial charge is 0.491 e. The molecule has 0 heterocycles. The topological polar surface area (TPSA) is 137 Å². The standard InChI is InChI=1S/C28H39F3O8/c1-27(16-32,17-33)18-39-26(37)10-5-3-2-4-9-22-23(25(36)14-24(22)35)12-11-20(34)15-38-21-8-6-7-19(13-21)28(29,30)31/h2,4,6-8,11-13,20,22-25,32-36H,3,5,9-10,14-18H2,1H3/t20-,22-,23+,24-,25-/m1/s1. The van der Waals surface area contributed by atoms with Crippen molar-refractivity contribution in [3.8, 4) is 5.75 Å². The van der Waals surface area contributed by atoms with E-state index in [4.69, 9.17) is 9.47 Å². The Morgan fingerprint density at radius 2 is 1.87 bits per heavy atom. The zero-order valence-corrected chi connectivity index (χ0v) is 22.0. The maximum Gasteiger partial charge on any atom is 0.416 e. The lowest BCUT2D eigenvalue weighted by Gasteiger charge is -2.23. The lowest BCUT2D eigenvalue weighted by molar-refractivity contribution is -0.149. The number of carbonyl (C=O) groups excluding carboxylic acids is 1. The Kier molecular flexibility index (Phi) is 12.9. The first-order valence-electron chi connectivity index (χ1n) is 12.9. The number of rotatable bonds is 15. The molecule has 8 nitrogen and oxygen atoms in total. The van der Waals surface area contributed by atoms with Gasteiger partial charge in [-0.1, -0.05) is 37.3 Å². The Morgan fingerprint density at radius 1 is 1.15 bits per heavy atom. The van der Waals surface area contributed by atoms with Crippen molar-refractivity contribution in [1.82, 2.24) is 0 Å². The summed E-state index contributed by atoms with van der Waals surface area (Å²) in [5.41, 5.74) is -1.73. The summed E-state index contributed by atoms with van der Waals surface area (Å²) >= 11 is 0. The van der Waals surface area contributed by atoms with Gasteiger partial charge in [0.2, 0.25) is 0 Å². The van der Waals surface area contributed by atoms with Gasteiger partial charge in [0.15, 0.2) is 0 Å². The van der Waals surface area contributed by atoms with Crippen molar-refractivity contribution in [3.63, 3.8) is 0 Å². The lowest BCUT2D eigenvalue weighted by atomic mass is 9.89. The van der Waals surface area contributed by atoms with Gasteiger partial charge in [-0.2, -0.15) is 13.2 Å². The summed E-state index contributed by atoms with van der Waals surface area (Å²) in [4.78, 5) is 11.8. The van der Waals surface area contributed by atoms with E-state index in [1.54, 1.807) is 13.0 Å². The Bertz CT molecular complexity index is 945. The molecule has 1 saturated carbocycles. The van der Waals surface area contributed by atoms with E-state index in [2.05, 4.69) is 0 Å². The van der Waals surface area contributed by atoms with Crippen LogP contribution in [0.3, 0.4) is 0 Å². The van der Waals surface area contributed by atoms with Crippen molar-refractivity contribution in [3.05, 3.63) is 54.1 Å². The van der Waals surface area contributed by atoms with Crippen LogP contribution < -0.4 is 4.74 Å². The van der Waals surface area contributed by atoms with Crippen molar-refractivity contribution in [2.75, 3.05) is 26.4 Å². The summed E-state index contributed by atoms with van der Waals surface area (Å²) in [6, 6.07) is 4.35. The third-order valence-electron chi connectivity index (χ3n) is 6.73. The van der Waals surface area contributed by atoms with Gasteiger partial charge in [-0.05, 0) is 43.4 Å². The van der Waals surface area contributed by atoms with E-state index < -0.39 is 47.4 Å². The summed E-state index contributed by atoms with van der Waals surface area (Å²) < 4.78 is 48.9. The van der Waals surface area contributed by atoms with Crippen LogP contribution in [0.15, 0.2) is 48.6 Å². The molecule has 0 radical (unpaired) electrons. The first-order chi connectivity index (χ1) is 18.4. The maximum atomic E-state index is 12.8. The van der Waals surface area contributed by atoms with Crippen molar-refractivity contribution in [1.29, 1.82) is 0 Å². The molecule has 0 unspecified atom stereocenters. The molecule has 0 bridgehead atoms. The molecule has 1 aromatic carbocycles. The number of esters is 1. The molecule has 0 spiro atoms. The number of benzene rings is 1. The Balaban J connectivity index is 1.78. The van der Waals surface area contributed by atoms with Crippen molar-refractivity contribution < 1.29 is 53.0 Å². The third kappa shape index (κ3) is 10.9. The van der Waals surface area contributed by atoms with E-state index in [1.165, 1.54) is 18.2 Å². The Hall–Kier alpha value is -2.44.